The highest BCUT2D eigenvalue weighted by molar-refractivity contribution is 5.09. The van der Waals surface area contributed by atoms with Crippen molar-refractivity contribution in [2.24, 2.45) is 11.3 Å². The summed E-state index contributed by atoms with van der Waals surface area (Å²) < 4.78 is 5.59. The SMILES string of the molecule is Cc1ccc(C(C)NCC(C)(C)C(O)C(C)C)o1. The van der Waals surface area contributed by atoms with E-state index in [1.807, 2.05) is 32.9 Å². The number of rotatable bonds is 6. The third kappa shape index (κ3) is 3.85. The topological polar surface area (TPSA) is 45.4 Å². The normalized spacial score (nSPS) is 16.0. The average Bonchev–Trinajstić information content (AvgIpc) is 2.71. The van der Waals surface area contributed by atoms with E-state index in [-0.39, 0.29) is 23.5 Å². The average molecular weight is 253 g/mol. The molecule has 18 heavy (non-hydrogen) atoms. The molecule has 1 aromatic heterocycles. The van der Waals surface area contributed by atoms with Crippen LogP contribution in [0.4, 0.5) is 0 Å². The molecule has 2 atom stereocenters. The first-order valence-corrected chi connectivity index (χ1v) is 6.72. The zero-order chi connectivity index (χ0) is 13.9. The van der Waals surface area contributed by atoms with Crippen LogP contribution in [0, 0.1) is 18.3 Å². The molecule has 104 valence electrons. The number of aryl methyl sites for hydroxylation is 1. The van der Waals surface area contributed by atoms with Crippen molar-refractivity contribution in [2.75, 3.05) is 6.54 Å². The molecular weight excluding hydrogens is 226 g/mol. The van der Waals surface area contributed by atoms with E-state index in [4.69, 9.17) is 4.42 Å². The lowest BCUT2D eigenvalue weighted by atomic mass is 9.80. The van der Waals surface area contributed by atoms with Gasteiger partial charge in [-0.15, -0.1) is 0 Å². The van der Waals surface area contributed by atoms with Gasteiger partial charge in [-0.1, -0.05) is 27.7 Å². The van der Waals surface area contributed by atoms with Gasteiger partial charge in [-0.25, -0.2) is 0 Å². The largest absolute Gasteiger partial charge is 0.465 e. The molecule has 0 aliphatic carbocycles. The molecule has 1 heterocycles. The van der Waals surface area contributed by atoms with Crippen molar-refractivity contribution >= 4 is 0 Å². The second kappa shape index (κ2) is 5.89. The molecule has 0 spiro atoms. The lowest BCUT2D eigenvalue weighted by molar-refractivity contribution is 0.0120. The predicted octanol–water partition coefficient (Wildman–Crippen LogP) is 3.28. The highest BCUT2D eigenvalue weighted by atomic mass is 16.3. The second-order valence-corrected chi connectivity index (χ2v) is 6.23. The second-order valence-electron chi connectivity index (χ2n) is 6.23. The molecule has 0 aliphatic rings. The Kier molecular flexibility index (Phi) is 5.00. The minimum Gasteiger partial charge on any atom is -0.465 e. The maximum Gasteiger partial charge on any atom is 0.120 e. The third-order valence-corrected chi connectivity index (χ3v) is 3.48. The first-order valence-electron chi connectivity index (χ1n) is 6.72. The van der Waals surface area contributed by atoms with Gasteiger partial charge in [0.05, 0.1) is 12.1 Å². The van der Waals surface area contributed by atoms with E-state index in [1.54, 1.807) is 0 Å². The minimum absolute atomic E-state index is 0.149. The third-order valence-electron chi connectivity index (χ3n) is 3.48. The van der Waals surface area contributed by atoms with E-state index in [0.29, 0.717) is 0 Å². The van der Waals surface area contributed by atoms with E-state index in [1.165, 1.54) is 0 Å². The Bertz CT molecular complexity index is 368. The van der Waals surface area contributed by atoms with Gasteiger partial charge in [-0.05, 0) is 31.9 Å². The van der Waals surface area contributed by atoms with Gasteiger partial charge in [0.2, 0.25) is 0 Å². The summed E-state index contributed by atoms with van der Waals surface area (Å²) in [5, 5.41) is 13.6. The summed E-state index contributed by atoms with van der Waals surface area (Å²) in [6.07, 6.45) is -0.310. The van der Waals surface area contributed by atoms with Crippen molar-refractivity contribution in [1.82, 2.24) is 5.32 Å². The van der Waals surface area contributed by atoms with E-state index < -0.39 is 0 Å². The molecular formula is C15H27NO2. The highest BCUT2D eigenvalue weighted by Crippen LogP contribution is 2.26. The zero-order valence-corrected chi connectivity index (χ0v) is 12.4. The van der Waals surface area contributed by atoms with Crippen LogP contribution in [-0.2, 0) is 0 Å². The molecule has 0 fully saturated rings. The molecule has 0 saturated carbocycles. The van der Waals surface area contributed by atoms with Crippen LogP contribution in [0.15, 0.2) is 16.5 Å². The van der Waals surface area contributed by atoms with Crippen LogP contribution in [0.3, 0.4) is 0 Å². The summed E-state index contributed by atoms with van der Waals surface area (Å²) >= 11 is 0. The molecule has 0 amide bonds. The molecule has 1 rings (SSSR count). The van der Waals surface area contributed by atoms with Crippen LogP contribution in [0.1, 0.15) is 52.2 Å². The van der Waals surface area contributed by atoms with E-state index >= 15 is 0 Å². The van der Waals surface area contributed by atoms with Gasteiger partial charge in [0, 0.05) is 12.0 Å². The van der Waals surface area contributed by atoms with Crippen molar-refractivity contribution in [3.63, 3.8) is 0 Å². The summed E-state index contributed by atoms with van der Waals surface area (Å²) in [6.45, 7) is 13.1. The van der Waals surface area contributed by atoms with Crippen LogP contribution in [0.5, 0.6) is 0 Å². The molecule has 0 bridgehead atoms. The van der Waals surface area contributed by atoms with Crippen molar-refractivity contribution in [3.05, 3.63) is 23.7 Å². The fourth-order valence-corrected chi connectivity index (χ4v) is 2.21. The Hall–Kier alpha value is -0.800. The molecule has 2 unspecified atom stereocenters. The van der Waals surface area contributed by atoms with Gasteiger partial charge in [-0.3, -0.25) is 0 Å². The maximum absolute atomic E-state index is 10.2. The lowest BCUT2D eigenvalue weighted by Crippen LogP contribution is -2.42. The first-order chi connectivity index (χ1) is 8.24. The van der Waals surface area contributed by atoms with Crippen LogP contribution in [-0.4, -0.2) is 17.8 Å². The van der Waals surface area contributed by atoms with Gasteiger partial charge in [-0.2, -0.15) is 0 Å². The van der Waals surface area contributed by atoms with E-state index in [2.05, 4.69) is 26.1 Å². The Morgan fingerprint density at radius 3 is 2.33 bits per heavy atom. The summed E-state index contributed by atoms with van der Waals surface area (Å²) in [5.74, 6) is 2.14. The minimum atomic E-state index is -0.310. The van der Waals surface area contributed by atoms with Crippen molar-refractivity contribution < 1.29 is 9.52 Å². The molecule has 3 heteroatoms. The van der Waals surface area contributed by atoms with E-state index in [0.717, 1.165) is 18.1 Å². The van der Waals surface area contributed by atoms with Crippen molar-refractivity contribution in [2.45, 2.75) is 53.7 Å². The van der Waals surface area contributed by atoms with Gasteiger partial charge in [0.1, 0.15) is 11.5 Å². The summed E-state index contributed by atoms with van der Waals surface area (Å²) in [7, 11) is 0. The molecule has 0 aromatic carbocycles. The Labute approximate surface area is 111 Å². The molecule has 2 N–H and O–H groups in total. The smallest absolute Gasteiger partial charge is 0.120 e. The van der Waals surface area contributed by atoms with Gasteiger partial charge >= 0.3 is 0 Å². The van der Waals surface area contributed by atoms with E-state index in [9.17, 15) is 5.11 Å². The number of hydrogen-bond acceptors (Lipinski definition) is 3. The number of aliphatic hydroxyl groups is 1. The first kappa shape index (κ1) is 15.3. The fourth-order valence-electron chi connectivity index (χ4n) is 2.21. The Morgan fingerprint density at radius 1 is 1.28 bits per heavy atom. The molecule has 1 aromatic rings. The summed E-state index contributed by atoms with van der Waals surface area (Å²) in [4.78, 5) is 0. The summed E-state index contributed by atoms with van der Waals surface area (Å²) in [6, 6.07) is 4.14. The van der Waals surface area contributed by atoms with Crippen LogP contribution < -0.4 is 5.32 Å². The molecule has 0 aliphatic heterocycles. The highest BCUT2D eigenvalue weighted by Gasteiger charge is 2.30. The standard InChI is InChI=1S/C15H27NO2/c1-10(2)14(17)15(5,6)9-16-12(4)13-8-7-11(3)18-13/h7-8,10,12,14,16-17H,9H2,1-6H3. The van der Waals surface area contributed by atoms with Crippen LogP contribution in [0.2, 0.25) is 0 Å². The quantitative estimate of drug-likeness (QED) is 0.817. The number of nitrogens with one attached hydrogen (secondary N) is 1. The van der Waals surface area contributed by atoms with Crippen LogP contribution >= 0.6 is 0 Å². The number of aliphatic hydroxyl groups excluding tert-OH is 1. The number of hydrogen-bond donors (Lipinski definition) is 2. The molecule has 0 saturated heterocycles. The van der Waals surface area contributed by atoms with Gasteiger partial charge in [0.15, 0.2) is 0 Å². The lowest BCUT2D eigenvalue weighted by Gasteiger charge is -2.34. The van der Waals surface area contributed by atoms with Crippen molar-refractivity contribution in [1.29, 1.82) is 0 Å². The molecule has 3 nitrogen and oxygen atoms in total. The molecule has 0 radical (unpaired) electrons. The van der Waals surface area contributed by atoms with Gasteiger partial charge in [0.25, 0.3) is 0 Å². The number of furan rings is 1. The predicted molar refractivity (Wildman–Crippen MR) is 74.5 cm³/mol. The van der Waals surface area contributed by atoms with Crippen molar-refractivity contribution in [3.8, 4) is 0 Å². The maximum atomic E-state index is 10.2. The van der Waals surface area contributed by atoms with Crippen LogP contribution in [0.25, 0.3) is 0 Å². The Morgan fingerprint density at radius 2 is 1.89 bits per heavy atom. The zero-order valence-electron chi connectivity index (χ0n) is 12.4. The Balaban J connectivity index is 2.54. The summed E-state index contributed by atoms with van der Waals surface area (Å²) in [5.41, 5.74) is -0.149. The monoisotopic (exact) mass is 253 g/mol. The fraction of sp³-hybridized carbons (Fsp3) is 0.733. The van der Waals surface area contributed by atoms with Gasteiger partial charge < -0.3 is 14.8 Å².